The molecule has 0 saturated heterocycles. The van der Waals surface area contributed by atoms with E-state index in [1.165, 1.54) is 4.68 Å². The number of anilines is 2. The fourth-order valence-corrected chi connectivity index (χ4v) is 2.61. The molecule has 148 valence electrons. The van der Waals surface area contributed by atoms with Gasteiger partial charge in [0.2, 0.25) is 5.95 Å². The molecule has 0 aliphatic heterocycles. The summed E-state index contributed by atoms with van der Waals surface area (Å²) in [5.41, 5.74) is 0.714. The molecule has 10 heteroatoms. The number of benzene rings is 1. The Bertz CT molecular complexity index is 978. The minimum atomic E-state index is -4.55. The highest BCUT2D eigenvalue weighted by Gasteiger charge is 2.32. The van der Waals surface area contributed by atoms with Gasteiger partial charge in [0.05, 0.1) is 18.3 Å². The average Bonchev–Trinajstić information content (AvgIpc) is 3.00. The van der Waals surface area contributed by atoms with Crippen LogP contribution in [0.1, 0.15) is 25.1 Å². The van der Waals surface area contributed by atoms with Gasteiger partial charge in [-0.05, 0) is 50.6 Å². The van der Waals surface area contributed by atoms with Gasteiger partial charge < -0.3 is 10.4 Å². The van der Waals surface area contributed by atoms with Crippen molar-refractivity contribution in [2.75, 3.05) is 5.32 Å². The zero-order chi connectivity index (χ0) is 20.5. The summed E-state index contributed by atoms with van der Waals surface area (Å²) in [6.45, 7) is 5.45. The van der Waals surface area contributed by atoms with E-state index in [2.05, 4.69) is 25.6 Å². The van der Waals surface area contributed by atoms with E-state index in [1.807, 2.05) is 13.0 Å². The fraction of sp³-hybridized carbons (Fsp3) is 0.333. The Morgan fingerprint density at radius 1 is 1.18 bits per heavy atom. The van der Waals surface area contributed by atoms with Crippen molar-refractivity contribution in [3.63, 3.8) is 0 Å². The van der Waals surface area contributed by atoms with Gasteiger partial charge in [0.15, 0.2) is 0 Å². The summed E-state index contributed by atoms with van der Waals surface area (Å²) in [5, 5.41) is 20.8. The molecular weight excluding hydrogens is 373 g/mol. The lowest BCUT2D eigenvalue weighted by Crippen LogP contribution is -2.26. The van der Waals surface area contributed by atoms with Crippen LogP contribution in [0.15, 0.2) is 36.7 Å². The quantitative estimate of drug-likeness (QED) is 0.690. The minimum absolute atomic E-state index is 0.156. The molecule has 7 nitrogen and oxygen atoms in total. The van der Waals surface area contributed by atoms with Crippen LogP contribution >= 0.6 is 0 Å². The predicted octanol–water partition coefficient (Wildman–Crippen LogP) is 3.58. The molecule has 0 saturated carbocycles. The highest BCUT2D eigenvalue weighted by atomic mass is 19.4. The highest BCUT2D eigenvalue weighted by Crippen LogP contribution is 2.29. The van der Waals surface area contributed by atoms with Gasteiger partial charge in [0.25, 0.3) is 0 Å². The van der Waals surface area contributed by atoms with Gasteiger partial charge in [-0.25, -0.2) is 14.6 Å². The number of nitrogens with one attached hydrogen (secondary N) is 1. The number of rotatable bonds is 5. The topological polar surface area (TPSA) is 88.8 Å². The van der Waals surface area contributed by atoms with Crippen LogP contribution in [0.5, 0.6) is 0 Å². The first kappa shape index (κ1) is 19.7. The van der Waals surface area contributed by atoms with E-state index in [0.717, 1.165) is 23.4 Å². The van der Waals surface area contributed by atoms with E-state index in [1.54, 1.807) is 32.2 Å². The van der Waals surface area contributed by atoms with E-state index in [4.69, 9.17) is 0 Å². The van der Waals surface area contributed by atoms with Crippen LogP contribution in [0, 0.1) is 6.92 Å². The first-order valence-corrected chi connectivity index (χ1v) is 8.41. The largest absolute Gasteiger partial charge is 0.433 e. The van der Waals surface area contributed by atoms with Crippen LogP contribution in [0.25, 0.3) is 11.3 Å². The molecule has 2 aromatic heterocycles. The second-order valence-corrected chi connectivity index (χ2v) is 7.09. The molecule has 0 spiro atoms. The fourth-order valence-electron chi connectivity index (χ4n) is 2.61. The zero-order valence-corrected chi connectivity index (χ0v) is 15.5. The molecule has 2 heterocycles. The van der Waals surface area contributed by atoms with Crippen LogP contribution in [-0.4, -0.2) is 35.7 Å². The lowest BCUT2D eigenvalue weighted by molar-refractivity contribution is -0.141. The Morgan fingerprint density at radius 2 is 1.93 bits per heavy atom. The van der Waals surface area contributed by atoms with E-state index in [0.29, 0.717) is 11.4 Å². The van der Waals surface area contributed by atoms with E-state index in [9.17, 15) is 18.3 Å². The summed E-state index contributed by atoms with van der Waals surface area (Å²) >= 11 is 0. The SMILES string of the molecule is Cc1cc(Nc2nccc(C(F)(F)F)n2)cc(-c2cn(CC(C)(C)O)nn2)c1. The maximum absolute atomic E-state index is 12.8. The molecule has 0 fully saturated rings. The number of hydrogen-bond acceptors (Lipinski definition) is 6. The summed E-state index contributed by atoms with van der Waals surface area (Å²) in [4.78, 5) is 7.35. The first-order chi connectivity index (χ1) is 13.0. The summed E-state index contributed by atoms with van der Waals surface area (Å²) in [6.07, 6.45) is -1.80. The number of alkyl halides is 3. The maximum Gasteiger partial charge on any atom is 0.433 e. The summed E-state index contributed by atoms with van der Waals surface area (Å²) in [7, 11) is 0. The molecular formula is C18H19F3N6O. The molecule has 0 bridgehead atoms. The molecule has 3 rings (SSSR count). The Kier molecular flexibility index (Phi) is 5.07. The summed E-state index contributed by atoms with van der Waals surface area (Å²) in [5.74, 6) is -0.156. The molecule has 0 unspecified atom stereocenters. The van der Waals surface area contributed by atoms with E-state index in [-0.39, 0.29) is 12.5 Å². The number of aliphatic hydroxyl groups is 1. The van der Waals surface area contributed by atoms with Crippen molar-refractivity contribution in [3.05, 3.63) is 47.9 Å². The monoisotopic (exact) mass is 392 g/mol. The van der Waals surface area contributed by atoms with Crippen molar-refractivity contribution >= 4 is 11.6 Å². The van der Waals surface area contributed by atoms with Gasteiger partial charge in [-0.15, -0.1) is 5.10 Å². The van der Waals surface area contributed by atoms with Gasteiger partial charge in [-0.1, -0.05) is 5.21 Å². The van der Waals surface area contributed by atoms with Crippen LogP contribution in [-0.2, 0) is 12.7 Å². The van der Waals surface area contributed by atoms with Crippen molar-refractivity contribution in [2.24, 2.45) is 0 Å². The van der Waals surface area contributed by atoms with Crippen LogP contribution in [0.3, 0.4) is 0 Å². The maximum atomic E-state index is 12.8. The second-order valence-electron chi connectivity index (χ2n) is 7.09. The first-order valence-electron chi connectivity index (χ1n) is 8.41. The molecule has 0 atom stereocenters. The number of nitrogens with zero attached hydrogens (tertiary/aromatic N) is 5. The molecule has 1 aromatic carbocycles. The van der Waals surface area contributed by atoms with Gasteiger partial charge in [-0.2, -0.15) is 13.2 Å². The van der Waals surface area contributed by atoms with Crippen LogP contribution in [0.4, 0.5) is 24.8 Å². The molecule has 28 heavy (non-hydrogen) atoms. The zero-order valence-electron chi connectivity index (χ0n) is 15.5. The summed E-state index contributed by atoms with van der Waals surface area (Å²) < 4.78 is 40.0. The lowest BCUT2D eigenvalue weighted by Gasteiger charge is -2.15. The predicted molar refractivity (Wildman–Crippen MR) is 96.8 cm³/mol. The number of hydrogen-bond donors (Lipinski definition) is 2. The molecule has 0 aliphatic carbocycles. The standard InChI is InChI=1S/C18H19F3N6O/c1-11-6-12(14-9-27(26-25-14)10-17(2,3)28)8-13(7-11)23-16-22-5-4-15(24-16)18(19,20)21/h4-9,28H,10H2,1-3H3,(H,22,23,24). The van der Waals surface area contributed by atoms with Crippen molar-refractivity contribution in [2.45, 2.75) is 39.1 Å². The van der Waals surface area contributed by atoms with Crippen LogP contribution in [0.2, 0.25) is 0 Å². The Balaban J connectivity index is 1.87. The second kappa shape index (κ2) is 7.19. The minimum Gasteiger partial charge on any atom is -0.389 e. The molecule has 0 amide bonds. The smallest absolute Gasteiger partial charge is 0.389 e. The number of halogens is 3. The van der Waals surface area contributed by atoms with E-state index < -0.39 is 17.5 Å². The third-order valence-electron chi connectivity index (χ3n) is 3.66. The third kappa shape index (κ3) is 5.03. The number of aromatic nitrogens is 5. The van der Waals surface area contributed by atoms with Gasteiger partial charge in [0.1, 0.15) is 11.4 Å². The van der Waals surface area contributed by atoms with Crippen molar-refractivity contribution < 1.29 is 18.3 Å². The van der Waals surface area contributed by atoms with Gasteiger partial charge in [0, 0.05) is 17.4 Å². The number of aryl methyl sites for hydroxylation is 1. The molecule has 2 N–H and O–H groups in total. The van der Waals surface area contributed by atoms with Crippen molar-refractivity contribution in [1.29, 1.82) is 0 Å². The van der Waals surface area contributed by atoms with Gasteiger partial charge >= 0.3 is 6.18 Å². The van der Waals surface area contributed by atoms with Crippen molar-refractivity contribution in [1.82, 2.24) is 25.0 Å². The Morgan fingerprint density at radius 3 is 2.61 bits per heavy atom. The lowest BCUT2D eigenvalue weighted by atomic mass is 10.1. The summed E-state index contributed by atoms with van der Waals surface area (Å²) in [6, 6.07) is 6.16. The Hall–Kier alpha value is -3.01. The Labute approximate surface area is 159 Å². The van der Waals surface area contributed by atoms with E-state index >= 15 is 0 Å². The molecule has 3 aromatic rings. The third-order valence-corrected chi connectivity index (χ3v) is 3.66. The van der Waals surface area contributed by atoms with Crippen molar-refractivity contribution in [3.8, 4) is 11.3 Å². The highest BCUT2D eigenvalue weighted by molar-refractivity contribution is 5.68. The normalized spacial score (nSPS) is 12.2. The average molecular weight is 392 g/mol. The molecule has 0 aliphatic rings. The van der Waals surface area contributed by atoms with Crippen LogP contribution < -0.4 is 5.32 Å². The molecule has 0 radical (unpaired) electrons. The van der Waals surface area contributed by atoms with Gasteiger partial charge in [-0.3, -0.25) is 0 Å².